The number of aryl methyl sites for hydroxylation is 1. The van der Waals surface area contributed by atoms with Crippen molar-refractivity contribution in [2.24, 2.45) is 7.05 Å². The van der Waals surface area contributed by atoms with Gasteiger partial charge in [-0.2, -0.15) is 0 Å². The van der Waals surface area contributed by atoms with E-state index in [1.54, 1.807) is 4.68 Å². The molecule has 0 radical (unpaired) electrons. The molecule has 1 saturated heterocycles. The lowest BCUT2D eigenvalue weighted by molar-refractivity contribution is -0.0974. The fourth-order valence-electron chi connectivity index (χ4n) is 2.07. The molecule has 2 unspecified atom stereocenters. The van der Waals surface area contributed by atoms with Gasteiger partial charge in [0.2, 0.25) is 0 Å². The third-order valence-electron chi connectivity index (χ3n) is 2.64. The van der Waals surface area contributed by atoms with Gasteiger partial charge in [-0.15, -0.1) is 5.10 Å². The Hall–Kier alpha value is -0.980. The summed E-state index contributed by atoms with van der Waals surface area (Å²) in [6.07, 6.45) is 1.98. The summed E-state index contributed by atoms with van der Waals surface area (Å²) in [5.41, 5.74) is 0.952. The molecule has 2 heterocycles. The summed E-state index contributed by atoms with van der Waals surface area (Å²) in [6, 6.07) is 0. The Labute approximate surface area is 94.8 Å². The van der Waals surface area contributed by atoms with Crippen LogP contribution >= 0.6 is 0 Å². The van der Waals surface area contributed by atoms with Crippen LogP contribution in [0.3, 0.4) is 0 Å². The molecule has 1 fully saturated rings. The Morgan fingerprint density at radius 3 is 3.00 bits per heavy atom. The highest BCUT2D eigenvalue weighted by atomic mass is 16.5. The summed E-state index contributed by atoms with van der Waals surface area (Å²) in [7, 11) is 1.86. The van der Waals surface area contributed by atoms with Crippen molar-refractivity contribution in [3.8, 4) is 0 Å². The summed E-state index contributed by atoms with van der Waals surface area (Å²) in [6.45, 7) is 4.47. The standard InChI is InChI=1S/C10H18N4O2/c1-8-3-14(6-10(7-15)16-8)5-9-4-13(2)12-11-9/h4,8,10,15H,3,5-7H2,1-2H3. The van der Waals surface area contributed by atoms with Crippen molar-refractivity contribution in [1.82, 2.24) is 19.9 Å². The van der Waals surface area contributed by atoms with Gasteiger partial charge in [0.15, 0.2) is 0 Å². The molecule has 0 bridgehead atoms. The van der Waals surface area contributed by atoms with E-state index in [1.165, 1.54) is 0 Å². The molecular weight excluding hydrogens is 208 g/mol. The van der Waals surface area contributed by atoms with Crippen molar-refractivity contribution in [1.29, 1.82) is 0 Å². The first kappa shape index (κ1) is 11.5. The number of aliphatic hydroxyl groups is 1. The Morgan fingerprint density at radius 2 is 2.38 bits per heavy atom. The van der Waals surface area contributed by atoms with Crippen molar-refractivity contribution in [2.45, 2.75) is 25.7 Å². The fraction of sp³-hybridized carbons (Fsp3) is 0.800. The quantitative estimate of drug-likeness (QED) is 0.745. The molecule has 1 aromatic rings. The van der Waals surface area contributed by atoms with Crippen molar-refractivity contribution in [2.75, 3.05) is 19.7 Å². The van der Waals surface area contributed by atoms with Crippen LogP contribution in [-0.4, -0.2) is 56.9 Å². The number of morpholine rings is 1. The minimum Gasteiger partial charge on any atom is -0.394 e. The van der Waals surface area contributed by atoms with Gasteiger partial charge in [0.05, 0.1) is 24.5 Å². The lowest BCUT2D eigenvalue weighted by atomic mass is 10.2. The van der Waals surface area contributed by atoms with Crippen LogP contribution in [0.4, 0.5) is 0 Å². The average molecular weight is 226 g/mol. The topological polar surface area (TPSA) is 63.4 Å². The van der Waals surface area contributed by atoms with Crippen molar-refractivity contribution < 1.29 is 9.84 Å². The van der Waals surface area contributed by atoms with Gasteiger partial charge in [0.25, 0.3) is 0 Å². The third-order valence-corrected chi connectivity index (χ3v) is 2.64. The average Bonchev–Trinajstić information content (AvgIpc) is 2.63. The summed E-state index contributed by atoms with van der Waals surface area (Å²) >= 11 is 0. The zero-order chi connectivity index (χ0) is 11.5. The molecule has 6 heteroatoms. The lowest BCUT2D eigenvalue weighted by Gasteiger charge is -2.35. The third kappa shape index (κ3) is 2.78. The SMILES string of the molecule is CC1CN(Cc2cn(C)nn2)CC(CO)O1. The molecule has 0 saturated carbocycles. The highest BCUT2D eigenvalue weighted by molar-refractivity contribution is 4.93. The van der Waals surface area contributed by atoms with Crippen molar-refractivity contribution in [3.05, 3.63) is 11.9 Å². The Bertz CT molecular complexity index is 341. The number of rotatable bonds is 3. The number of nitrogens with zero attached hydrogens (tertiary/aromatic N) is 4. The van der Waals surface area contributed by atoms with Gasteiger partial charge in [0, 0.05) is 32.9 Å². The summed E-state index contributed by atoms with van der Waals surface area (Å²) < 4.78 is 7.27. The molecule has 90 valence electrons. The summed E-state index contributed by atoms with van der Waals surface area (Å²) in [4.78, 5) is 2.24. The zero-order valence-electron chi connectivity index (χ0n) is 9.70. The van der Waals surface area contributed by atoms with Crippen molar-refractivity contribution >= 4 is 0 Å². The molecular formula is C10H18N4O2. The predicted octanol–water partition coefficient (Wildman–Crippen LogP) is -0.603. The zero-order valence-corrected chi connectivity index (χ0v) is 9.70. The summed E-state index contributed by atoms with van der Waals surface area (Å²) in [5.74, 6) is 0. The van der Waals surface area contributed by atoms with Crippen LogP contribution in [-0.2, 0) is 18.3 Å². The van der Waals surface area contributed by atoms with E-state index in [2.05, 4.69) is 15.2 Å². The molecule has 1 aromatic heterocycles. The van der Waals surface area contributed by atoms with Gasteiger partial charge in [0.1, 0.15) is 0 Å². The number of hydrogen-bond acceptors (Lipinski definition) is 5. The van der Waals surface area contributed by atoms with E-state index >= 15 is 0 Å². The highest BCUT2D eigenvalue weighted by Gasteiger charge is 2.25. The fourth-order valence-corrected chi connectivity index (χ4v) is 2.07. The number of aromatic nitrogens is 3. The Morgan fingerprint density at radius 1 is 1.56 bits per heavy atom. The van der Waals surface area contributed by atoms with Crippen LogP contribution in [0, 0.1) is 0 Å². The van der Waals surface area contributed by atoms with E-state index in [4.69, 9.17) is 9.84 Å². The predicted molar refractivity (Wildman–Crippen MR) is 57.7 cm³/mol. The molecule has 1 aliphatic heterocycles. The second-order valence-electron chi connectivity index (χ2n) is 4.33. The molecule has 0 spiro atoms. The second kappa shape index (κ2) is 4.90. The van der Waals surface area contributed by atoms with Gasteiger partial charge < -0.3 is 9.84 Å². The van der Waals surface area contributed by atoms with Crippen LogP contribution in [0.2, 0.25) is 0 Å². The van der Waals surface area contributed by atoms with Crippen molar-refractivity contribution in [3.63, 3.8) is 0 Å². The van der Waals surface area contributed by atoms with Gasteiger partial charge in [-0.3, -0.25) is 9.58 Å². The minimum absolute atomic E-state index is 0.0707. The Kier molecular flexibility index (Phi) is 3.52. The number of ether oxygens (including phenoxy) is 1. The molecule has 1 N–H and O–H groups in total. The maximum atomic E-state index is 9.11. The van der Waals surface area contributed by atoms with Crippen LogP contribution in [0.5, 0.6) is 0 Å². The normalized spacial score (nSPS) is 27.2. The molecule has 6 nitrogen and oxygen atoms in total. The molecule has 1 aliphatic rings. The van der Waals surface area contributed by atoms with Crippen LogP contribution < -0.4 is 0 Å². The molecule has 0 amide bonds. The van der Waals surface area contributed by atoms with Gasteiger partial charge in [-0.05, 0) is 6.92 Å². The first-order chi connectivity index (χ1) is 7.67. The van der Waals surface area contributed by atoms with Crippen LogP contribution in [0.15, 0.2) is 6.20 Å². The van der Waals surface area contributed by atoms with Gasteiger partial charge in [-0.1, -0.05) is 5.21 Å². The Balaban J connectivity index is 1.93. The largest absolute Gasteiger partial charge is 0.394 e. The number of hydrogen-bond donors (Lipinski definition) is 1. The van der Waals surface area contributed by atoms with E-state index < -0.39 is 0 Å². The molecule has 0 aromatic carbocycles. The van der Waals surface area contributed by atoms with Crippen LogP contribution in [0.1, 0.15) is 12.6 Å². The molecule has 2 rings (SSSR count). The van der Waals surface area contributed by atoms with Gasteiger partial charge >= 0.3 is 0 Å². The first-order valence-corrected chi connectivity index (χ1v) is 5.51. The van der Waals surface area contributed by atoms with E-state index in [9.17, 15) is 0 Å². The second-order valence-corrected chi connectivity index (χ2v) is 4.33. The molecule has 0 aliphatic carbocycles. The lowest BCUT2D eigenvalue weighted by Crippen LogP contribution is -2.47. The van der Waals surface area contributed by atoms with E-state index in [1.807, 2.05) is 20.2 Å². The van der Waals surface area contributed by atoms with E-state index in [-0.39, 0.29) is 18.8 Å². The smallest absolute Gasteiger partial charge is 0.0967 e. The molecule has 16 heavy (non-hydrogen) atoms. The van der Waals surface area contributed by atoms with Gasteiger partial charge in [-0.25, -0.2) is 0 Å². The van der Waals surface area contributed by atoms with E-state index in [0.717, 1.165) is 25.3 Å². The van der Waals surface area contributed by atoms with E-state index in [0.29, 0.717) is 0 Å². The highest BCUT2D eigenvalue weighted by Crippen LogP contribution is 2.12. The maximum Gasteiger partial charge on any atom is 0.0967 e. The molecule has 2 atom stereocenters. The summed E-state index contributed by atoms with van der Waals surface area (Å²) in [5, 5.41) is 17.1. The minimum atomic E-state index is -0.0829. The first-order valence-electron chi connectivity index (χ1n) is 5.51. The monoisotopic (exact) mass is 226 g/mol. The maximum absolute atomic E-state index is 9.11. The number of aliphatic hydroxyl groups excluding tert-OH is 1. The van der Waals surface area contributed by atoms with Crippen LogP contribution in [0.25, 0.3) is 0 Å².